The topological polar surface area (TPSA) is 108 Å². The second-order valence-electron chi connectivity index (χ2n) is 15.7. The molecular formula is C48H83N2O6P. The third-order valence-electron chi connectivity index (χ3n) is 9.05. The number of phosphoric ester groups is 1. The summed E-state index contributed by atoms with van der Waals surface area (Å²) in [5.41, 5.74) is 0. The second-order valence-corrected chi connectivity index (χ2v) is 17.1. The van der Waals surface area contributed by atoms with Gasteiger partial charge in [-0.3, -0.25) is 9.36 Å². The summed E-state index contributed by atoms with van der Waals surface area (Å²) in [5.74, 6) is -0.226. The number of unbranched alkanes of at least 4 members (excludes halogenated alkanes) is 11. The molecule has 0 fully saturated rings. The highest BCUT2D eigenvalue weighted by molar-refractivity contribution is 7.45. The molecule has 3 atom stereocenters. The zero-order valence-electron chi connectivity index (χ0n) is 36.7. The molecule has 0 aromatic carbocycles. The van der Waals surface area contributed by atoms with Gasteiger partial charge in [0.2, 0.25) is 5.91 Å². The van der Waals surface area contributed by atoms with Crippen LogP contribution < -0.4 is 10.2 Å². The van der Waals surface area contributed by atoms with E-state index in [4.69, 9.17) is 9.05 Å². The molecular weight excluding hydrogens is 732 g/mol. The van der Waals surface area contributed by atoms with E-state index in [0.29, 0.717) is 17.4 Å². The Morgan fingerprint density at radius 2 is 1.07 bits per heavy atom. The quantitative estimate of drug-likeness (QED) is 0.0278. The summed E-state index contributed by atoms with van der Waals surface area (Å²) in [5, 5.41) is 13.7. The van der Waals surface area contributed by atoms with E-state index < -0.39 is 26.6 Å². The van der Waals surface area contributed by atoms with Gasteiger partial charge < -0.3 is 28.8 Å². The SMILES string of the molecule is CC/C=C\C/C=C\C/C=C\C/C=C\C/C=C\C/C=C\C/C=C\CCCCCCCC(=O)NC(COP(=O)([O-])OCC[N+](C)(C)C)C(O)/C=C/CCCCCCCC. The van der Waals surface area contributed by atoms with E-state index in [0.717, 1.165) is 103 Å². The molecule has 2 N–H and O–H groups in total. The van der Waals surface area contributed by atoms with Crippen molar-refractivity contribution >= 4 is 13.7 Å². The van der Waals surface area contributed by atoms with E-state index in [1.54, 1.807) is 6.08 Å². The average molecular weight is 815 g/mol. The number of carbonyl (C=O) groups excluding carboxylic acids is 1. The van der Waals surface area contributed by atoms with Crippen molar-refractivity contribution in [2.75, 3.05) is 40.9 Å². The van der Waals surface area contributed by atoms with Crippen LogP contribution in [0.3, 0.4) is 0 Å². The molecule has 57 heavy (non-hydrogen) atoms. The number of amides is 1. The highest BCUT2D eigenvalue weighted by Gasteiger charge is 2.23. The maximum atomic E-state index is 12.8. The number of phosphoric acid groups is 1. The summed E-state index contributed by atoms with van der Waals surface area (Å²) in [6.07, 6.45) is 54.7. The van der Waals surface area contributed by atoms with E-state index in [-0.39, 0.29) is 12.5 Å². The zero-order chi connectivity index (χ0) is 42.1. The smallest absolute Gasteiger partial charge is 0.268 e. The number of aliphatic hydroxyl groups excluding tert-OH is 1. The Morgan fingerprint density at radius 1 is 0.632 bits per heavy atom. The molecule has 9 heteroatoms. The van der Waals surface area contributed by atoms with Crippen molar-refractivity contribution in [3.63, 3.8) is 0 Å². The largest absolute Gasteiger partial charge is 0.756 e. The second kappa shape index (κ2) is 38.9. The molecule has 0 saturated carbocycles. The number of rotatable bonds is 38. The molecule has 3 unspecified atom stereocenters. The molecule has 0 heterocycles. The number of quaternary nitrogens is 1. The first-order valence-corrected chi connectivity index (χ1v) is 23.6. The van der Waals surface area contributed by atoms with Crippen molar-refractivity contribution in [3.05, 3.63) is 97.2 Å². The molecule has 0 aliphatic rings. The van der Waals surface area contributed by atoms with Crippen LogP contribution in [0.5, 0.6) is 0 Å². The fraction of sp³-hybridized carbons (Fsp3) is 0.646. The molecule has 0 spiro atoms. The summed E-state index contributed by atoms with van der Waals surface area (Å²) >= 11 is 0. The van der Waals surface area contributed by atoms with Crippen molar-refractivity contribution in [3.8, 4) is 0 Å². The first-order valence-electron chi connectivity index (χ1n) is 22.1. The fourth-order valence-electron chi connectivity index (χ4n) is 5.54. The number of allylic oxidation sites excluding steroid dienone is 15. The number of nitrogens with one attached hydrogen (secondary N) is 1. The zero-order valence-corrected chi connectivity index (χ0v) is 37.6. The van der Waals surface area contributed by atoms with Crippen molar-refractivity contribution in [1.29, 1.82) is 0 Å². The Labute approximate surface area is 349 Å². The number of likely N-dealkylation sites (N-methyl/N-ethyl adjacent to an activating group) is 1. The third kappa shape index (κ3) is 41.4. The van der Waals surface area contributed by atoms with E-state index >= 15 is 0 Å². The standard InChI is InChI=1S/C48H83N2O6P/c1-6-8-10-12-14-16-17-18-19-20-21-22-23-24-25-26-27-28-29-30-31-32-33-34-36-38-40-42-48(52)49-46(45-56-57(53,54)55-44-43-50(3,4)5)47(51)41-39-37-35-15-13-11-9-7-2/h8,10,14,16,18-19,21-22,24-25,27-28,30-31,39,41,46-47,51H,6-7,9,11-13,15,17,20,23,26,29,32-38,40,42-45H2,1-5H3,(H-,49,52,53,54)/b10-8-,16-14-,19-18-,22-21-,25-24-,28-27-,31-30-,41-39+. The van der Waals surface area contributed by atoms with Crippen LogP contribution in [0.2, 0.25) is 0 Å². The minimum atomic E-state index is -4.59. The van der Waals surface area contributed by atoms with Gasteiger partial charge in [-0.1, -0.05) is 162 Å². The fourth-order valence-corrected chi connectivity index (χ4v) is 6.26. The van der Waals surface area contributed by atoms with Gasteiger partial charge in [-0.05, 0) is 77.0 Å². The first-order chi connectivity index (χ1) is 27.5. The maximum absolute atomic E-state index is 12.8. The molecule has 0 aromatic heterocycles. The molecule has 0 rings (SSSR count). The van der Waals surface area contributed by atoms with Crippen LogP contribution >= 0.6 is 7.82 Å². The van der Waals surface area contributed by atoms with Crippen LogP contribution in [-0.4, -0.2) is 68.5 Å². The van der Waals surface area contributed by atoms with Crippen molar-refractivity contribution in [1.82, 2.24) is 5.32 Å². The molecule has 0 bridgehead atoms. The van der Waals surface area contributed by atoms with E-state index in [2.05, 4.69) is 104 Å². The van der Waals surface area contributed by atoms with Crippen LogP contribution in [0.15, 0.2) is 97.2 Å². The lowest BCUT2D eigenvalue weighted by Crippen LogP contribution is -2.45. The van der Waals surface area contributed by atoms with Gasteiger partial charge in [-0.15, -0.1) is 0 Å². The molecule has 326 valence electrons. The molecule has 8 nitrogen and oxygen atoms in total. The molecule has 0 aliphatic carbocycles. The maximum Gasteiger partial charge on any atom is 0.268 e. The van der Waals surface area contributed by atoms with Gasteiger partial charge in [0.1, 0.15) is 13.2 Å². The summed E-state index contributed by atoms with van der Waals surface area (Å²) < 4.78 is 23.1. The van der Waals surface area contributed by atoms with Crippen LogP contribution in [-0.2, 0) is 18.4 Å². The third-order valence-corrected chi connectivity index (χ3v) is 10.0. The number of hydrogen-bond donors (Lipinski definition) is 2. The number of nitrogens with zero attached hydrogens (tertiary/aromatic N) is 1. The predicted molar refractivity (Wildman–Crippen MR) is 242 cm³/mol. The Hall–Kier alpha value is -2.58. The molecule has 0 saturated heterocycles. The van der Waals surface area contributed by atoms with E-state index in [1.165, 1.54) is 25.7 Å². The van der Waals surface area contributed by atoms with Gasteiger partial charge in [-0.25, -0.2) is 0 Å². The van der Waals surface area contributed by atoms with Crippen LogP contribution in [0.4, 0.5) is 0 Å². The molecule has 0 aliphatic heterocycles. The molecule has 1 amide bonds. The lowest BCUT2D eigenvalue weighted by atomic mass is 10.1. The summed E-state index contributed by atoms with van der Waals surface area (Å²) in [4.78, 5) is 25.2. The normalized spacial score (nSPS) is 15.3. The minimum absolute atomic E-state index is 0.0113. The highest BCUT2D eigenvalue weighted by atomic mass is 31.2. The molecule has 0 radical (unpaired) electrons. The van der Waals surface area contributed by atoms with Gasteiger partial charge in [0.15, 0.2) is 0 Å². The Morgan fingerprint density at radius 3 is 1.56 bits per heavy atom. The van der Waals surface area contributed by atoms with Crippen molar-refractivity contribution in [2.24, 2.45) is 0 Å². The van der Waals surface area contributed by atoms with Gasteiger partial charge in [0, 0.05) is 6.42 Å². The predicted octanol–water partition coefficient (Wildman–Crippen LogP) is 11.7. The van der Waals surface area contributed by atoms with Crippen LogP contribution in [0, 0.1) is 0 Å². The van der Waals surface area contributed by atoms with E-state index in [9.17, 15) is 19.4 Å². The van der Waals surface area contributed by atoms with Crippen LogP contribution in [0.25, 0.3) is 0 Å². The summed E-state index contributed by atoms with van der Waals surface area (Å²) in [6.45, 7) is 4.43. The minimum Gasteiger partial charge on any atom is -0.756 e. The monoisotopic (exact) mass is 815 g/mol. The number of carbonyl (C=O) groups is 1. The Bertz CT molecular complexity index is 1240. The molecule has 0 aromatic rings. The van der Waals surface area contributed by atoms with Gasteiger partial charge in [0.25, 0.3) is 7.82 Å². The first kappa shape index (κ1) is 54.4. The van der Waals surface area contributed by atoms with Gasteiger partial charge in [-0.2, -0.15) is 0 Å². The van der Waals surface area contributed by atoms with Gasteiger partial charge in [0.05, 0.1) is 39.9 Å². The van der Waals surface area contributed by atoms with Crippen molar-refractivity contribution in [2.45, 2.75) is 161 Å². The Balaban J connectivity index is 4.29. The lowest BCUT2D eigenvalue weighted by molar-refractivity contribution is -0.870. The van der Waals surface area contributed by atoms with Gasteiger partial charge >= 0.3 is 0 Å². The lowest BCUT2D eigenvalue weighted by Gasteiger charge is -2.29. The highest BCUT2D eigenvalue weighted by Crippen LogP contribution is 2.38. The Kier molecular flexibility index (Phi) is 37.2. The summed E-state index contributed by atoms with van der Waals surface area (Å²) in [6, 6.07) is -0.901. The van der Waals surface area contributed by atoms with Crippen LogP contribution in [0.1, 0.15) is 149 Å². The van der Waals surface area contributed by atoms with Crippen molar-refractivity contribution < 1.29 is 32.9 Å². The average Bonchev–Trinajstić information content (AvgIpc) is 3.16. The number of aliphatic hydroxyl groups is 1. The van der Waals surface area contributed by atoms with E-state index in [1.807, 2.05) is 27.2 Å². The summed E-state index contributed by atoms with van der Waals surface area (Å²) in [7, 11) is 1.22. The number of hydrogen-bond acceptors (Lipinski definition) is 6.